The Labute approximate surface area is 230 Å². The molecular formula is C32H29N3O5. The van der Waals surface area contributed by atoms with Gasteiger partial charge in [-0.2, -0.15) is 5.26 Å². The maximum absolute atomic E-state index is 11.7. The Kier molecular flexibility index (Phi) is 5.24. The van der Waals surface area contributed by atoms with Crippen LogP contribution in [0, 0.1) is 11.3 Å². The van der Waals surface area contributed by atoms with Crippen LogP contribution in [0.4, 0.5) is 0 Å². The monoisotopic (exact) mass is 535 g/mol. The highest BCUT2D eigenvalue weighted by Gasteiger charge is 2.61. The molecule has 202 valence electrons. The van der Waals surface area contributed by atoms with Gasteiger partial charge in [-0.25, -0.2) is 0 Å². The number of aromatic hydroxyl groups is 3. The first-order valence-electron chi connectivity index (χ1n) is 13.5. The number of aryl methyl sites for hydroxylation is 1. The number of aromatic nitrogens is 2. The highest BCUT2D eigenvalue weighted by molar-refractivity contribution is 5.95. The lowest BCUT2D eigenvalue weighted by Gasteiger charge is -2.26. The van der Waals surface area contributed by atoms with E-state index in [2.05, 4.69) is 10.6 Å². The van der Waals surface area contributed by atoms with Gasteiger partial charge in [0.15, 0.2) is 0 Å². The van der Waals surface area contributed by atoms with Gasteiger partial charge in [-0.3, -0.25) is 4.57 Å². The van der Waals surface area contributed by atoms with E-state index in [1.165, 1.54) is 4.57 Å². The van der Waals surface area contributed by atoms with Crippen molar-refractivity contribution in [3.05, 3.63) is 83.0 Å². The van der Waals surface area contributed by atoms with Crippen LogP contribution in [-0.2, 0) is 28.9 Å². The molecule has 1 fully saturated rings. The van der Waals surface area contributed by atoms with Crippen molar-refractivity contribution in [2.24, 2.45) is 0 Å². The lowest BCUT2D eigenvalue weighted by molar-refractivity contribution is -0.0850. The van der Waals surface area contributed by atoms with Gasteiger partial charge in [0, 0.05) is 41.0 Å². The Balaban J connectivity index is 1.33. The summed E-state index contributed by atoms with van der Waals surface area (Å²) in [6.07, 6.45) is 4.45. The third-order valence-electron chi connectivity index (χ3n) is 8.88. The summed E-state index contributed by atoms with van der Waals surface area (Å²) in [4.78, 5) is 0. The zero-order chi connectivity index (χ0) is 27.8. The van der Waals surface area contributed by atoms with Crippen LogP contribution in [0.1, 0.15) is 48.4 Å². The predicted molar refractivity (Wildman–Crippen MR) is 150 cm³/mol. The molecule has 1 saturated heterocycles. The fourth-order valence-corrected chi connectivity index (χ4v) is 7.08. The number of nitrogens with zero attached hydrogens (tertiary/aromatic N) is 3. The Morgan fingerprint density at radius 2 is 1.73 bits per heavy atom. The molecule has 2 bridgehead atoms. The summed E-state index contributed by atoms with van der Waals surface area (Å²) in [5.74, 6) is 0.0861. The highest BCUT2D eigenvalue weighted by atomic mass is 16.5. The molecule has 0 aliphatic carbocycles. The lowest BCUT2D eigenvalue weighted by atomic mass is 9.78. The van der Waals surface area contributed by atoms with E-state index < -0.39 is 11.2 Å². The lowest BCUT2D eigenvalue weighted by Crippen LogP contribution is -2.24. The van der Waals surface area contributed by atoms with E-state index in [1.54, 1.807) is 24.3 Å². The summed E-state index contributed by atoms with van der Waals surface area (Å²) >= 11 is 0. The van der Waals surface area contributed by atoms with Crippen LogP contribution in [0.25, 0.3) is 27.4 Å². The van der Waals surface area contributed by atoms with Crippen LogP contribution in [0.15, 0.2) is 60.8 Å². The quantitative estimate of drug-likeness (QED) is 0.230. The van der Waals surface area contributed by atoms with E-state index in [-0.39, 0.29) is 24.1 Å². The second-order valence-corrected chi connectivity index (χ2v) is 11.1. The van der Waals surface area contributed by atoms with Crippen LogP contribution in [0.2, 0.25) is 0 Å². The molecule has 2 aliphatic heterocycles. The molecule has 0 spiro atoms. The van der Waals surface area contributed by atoms with Crippen LogP contribution in [-0.4, -0.2) is 36.2 Å². The van der Waals surface area contributed by atoms with E-state index in [0.717, 1.165) is 27.2 Å². The standard InChI is InChI=1S/C32H29N3O5/c1-31-11-12-32(40-31,13-14-34-18-20(10-15-36)24-16-21(37)7-9-25(24)34)28-27(31)29(38)35(30(28)39)26-8-6-19(17-33)22-4-2-3-5-23(22)26/h2-9,16,18,36-39H,10-15H2,1H3/t31-,32-/m1/s1. The number of nitriles is 1. The maximum atomic E-state index is 11.7. The Morgan fingerprint density at radius 3 is 2.50 bits per heavy atom. The average Bonchev–Trinajstić information content (AvgIpc) is 3.64. The predicted octanol–water partition coefficient (Wildman–Crippen LogP) is 5.43. The Morgan fingerprint density at radius 1 is 0.950 bits per heavy atom. The minimum absolute atomic E-state index is 0.00816. The first kappa shape index (κ1) is 24.6. The number of rotatable bonds is 6. The van der Waals surface area contributed by atoms with Crippen molar-refractivity contribution < 1.29 is 25.2 Å². The first-order valence-corrected chi connectivity index (χ1v) is 13.5. The molecule has 4 N–H and O–H groups in total. The number of phenols is 1. The molecule has 5 aromatic rings. The van der Waals surface area contributed by atoms with Gasteiger partial charge in [0.1, 0.15) is 11.4 Å². The topological polar surface area (TPSA) is 124 Å². The Hall–Kier alpha value is -4.45. The van der Waals surface area contributed by atoms with Crippen molar-refractivity contribution in [1.82, 2.24) is 9.13 Å². The Bertz CT molecular complexity index is 1880. The van der Waals surface area contributed by atoms with Crippen LogP contribution in [0.5, 0.6) is 17.5 Å². The number of ether oxygens (including phenoxy) is 1. The molecular weight excluding hydrogens is 506 g/mol. The van der Waals surface area contributed by atoms with E-state index in [0.29, 0.717) is 54.6 Å². The molecule has 2 aromatic heterocycles. The molecule has 0 amide bonds. The molecule has 7 rings (SSSR count). The van der Waals surface area contributed by atoms with Crippen LogP contribution < -0.4 is 0 Å². The summed E-state index contributed by atoms with van der Waals surface area (Å²) in [5.41, 5.74) is 2.74. The van der Waals surface area contributed by atoms with Gasteiger partial charge >= 0.3 is 0 Å². The third kappa shape index (κ3) is 3.25. The van der Waals surface area contributed by atoms with Crippen molar-refractivity contribution in [2.45, 2.75) is 50.4 Å². The summed E-state index contributed by atoms with van der Waals surface area (Å²) in [6.45, 7) is 2.55. The smallest absolute Gasteiger partial charge is 0.205 e. The summed E-state index contributed by atoms with van der Waals surface area (Å²) in [7, 11) is 0. The molecule has 8 nitrogen and oxygen atoms in total. The minimum Gasteiger partial charge on any atom is -0.508 e. The van der Waals surface area contributed by atoms with E-state index in [1.807, 2.05) is 43.5 Å². The molecule has 2 aliphatic rings. The van der Waals surface area contributed by atoms with Gasteiger partial charge in [-0.15, -0.1) is 0 Å². The molecule has 0 unspecified atom stereocenters. The molecule has 40 heavy (non-hydrogen) atoms. The van der Waals surface area contributed by atoms with E-state index >= 15 is 0 Å². The third-order valence-corrected chi connectivity index (χ3v) is 8.88. The number of aliphatic hydroxyl groups excluding tert-OH is 1. The minimum atomic E-state index is -0.788. The van der Waals surface area contributed by atoms with Crippen LogP contribution >= 0.6 is 0 Å². The molecule has 0 saturated carbocycles. The molecule has 4 heterocycles. The van der Waals surface area contributed by atoms with E-state index in [9.17, 15) is 25.7 Å². The second-order valence-electron chi connectivity index (χ2n) is 11.1. The van der Waals surface area contributed by atoms with Gasteiger partial charge in [-0.05, 0) is 68.5 Å². The fraction of sp³-hybridized carbons (Fsp3) is 0.281. The number of hydrogen-bond acceptors (Lipinski definition) is 6. The number of benzene rings is 3. The van der Waals surface area contributed by atoms with Crippen molar-refractivity contribution in [1.29, 1.82) is 5.26 Å². The molecule has 2 atom stereocenters. The SMILES string of the molecule is C[C@]12CC[C@](CCn3cc(CCO)c4cc(O)ccc43)(O1)c1c2c(O)n(-c2ccc(C#N)c3ccccc23)c1O. The van der Waals surface area contributed by atoms with Gasteiger partial charge < -0.3 is 29.7 Å². The second kappa shape index (κ2) is 8.52. The van der Waals surface area contributed by atoms with Crippen LogP contribution in [0.3, 0.4) is 0 Å². The number of fused-ring (bicyclic) bond motifs is 7. The summed E-state index contributed by atoms with van der Waals surface area (Å²) < 4.78 is 10.3. The normalized spacial score (nSPS) is 21.3. The summed E-state index contributed by atoms with van der Waals surface area (Å²) in [6, 6.07) is 18.4. The number of phenolic OH excluding ortho intramolecular Hbond substituents is 1. The zero-order valence-corrected chi connectivity index (χ0v) is 22.1. The zero-order valence-electron chi connectivity index (χ0n) is 22.1. The first-order chi connectivity index (χ1) is 19.3. The maximum Gasteiger partial charge on any atom is 0.205 e. The van der Waals surface area contributed by atoms with E-state index in [4.69, 9.17) is 4.74 Å². The largest absolute Gasteiger partial charge is 0.508 e. The average molecular weight is 536 g/mol. The number of hydrogen-bond donors (Lipinski definition) is 4. The summed E-state index contributed by atoms with van der Waals surface area (Å²) in [5, 5.41) is 55.0. The van der Waals surface area contributed by atoms with Gasteiger partial charge in [0.2, 0.25) is 11.8 Å². The molecule has 3 aromatic carbocycles. The van der Waals surface area contributed by atoms with Gasteiger partial charge in [0.25, 0.3) is 0 Å². The van der Waals surface area contributed by atoms with Crippen molar-refractivity contribution >= 4 is 21.7 Å². The molecule has 0 radical (unpaired) electrons. The van der Waals surface area contributed by atoms with Gasteiger partial charge in [0.05, 0.1) is 34.0 Å². The van der Waals surface area contributed by atoms with Crippen molar-refractivity contribution in [3.63, 3.8) is 0 Å². The fourth-order valence-electron chi connectivity index (χ4n) is 7.08. The highest BCUT2D eigenvalue weighted by Crippen LogP contribution is 2.65. The van der Waals surface area contributed by atoms with Crippen molar-refractivity contribution in [3.8, 4) is 29.3 Å². The number of aliphatic hydroxyl groups is 1. The van der Waals surface area contributed by atoms with Gasteiger partial charge in [-0.1, -0.05) is 24.3 Å². The van der Waals surface area contributed by atoms with Crippen molar-refractivity contribution in [2.75, 3.05) is 6.61 Å². The molecule has 8 heteroatoms.